The summed E-state index contributed by atoms with van der Waals surface area (Å²) in [7, 11) is -0.495. The molecular weight excluding hydrogens is 397 g/mol. The summed E-state index contributed by atoms with van der Waals surface area (Å²) in [5.74, 6) is 2.21. The predicted octanol–water partition coefficient (Wildman–Crippen LogP) is -2.28. The molecule has 6 N–H and O–H groups in total. The molecule has 21 heavy (non-hydrogen) atoms. The molecule has 0 aliphatic rings. The third-order valence-corrected chi connectivity index (χ3v) is 16.9. The average molecular weight is 418 g/mol. The summed E-state index contributed by atoms with van der Waals surface area (Å²) in [5.41, 5.74) is 8.33. The number of nitrogens with zero attached hydrogens (tertiary/aromatic N) is 1. The number of aryl methyl sites for hydroxylation is 2. The summed E-state index contributed by atoms with van der Waals surface area (Å²) in [4.78, 5) is 0. The molecule has 0 aliphatic heterocycles. The van der Waals surface area contributed by atoms with Crippen molar-refractivity contribution in [1.82, 2.24) is 5.16 Å². The normalized spacial score (nSPS) is 12.2. The van der Waals surface area contributed by atoms with Crippen molar-refractivity contribution in [3.05, 3.63) is 11.5 Å². The van der Waals surface area contributed by atoms with Crippen LogP contribution in [0.3, 0.4) is 0 Å². The molecule has 7 nitrogen and oxygen atoms in total. The van der Waals surface area contributed by atoms with Crippen LogP contribution in [0, 0.1) is 6.92 Å². The Hall–Kier alpha value is 0.298. The molecule has 1 aromatic rings. The van der Waals surface area contributed by atoms with Crippen LogP contribution >= 0.6 is 20.0 Å². The van der Waals surface area contributed by atoms with Gasteiger partial charge in [0.05, 0.1) is 0 Å². The summed E-state index contributed by atoms with van der Waals surface area (Å²) in [6.45, 7) is 3.53. The molecule has 0 amide bonds. The average Bonchev–Trinajstić information content (AvgIpc) is 2.77. The number of rotatable bonds is 10. The number of hydrogen-bond acceptors (Lipinski definition) is 7. The molecule has 1 rings (SSSR count). The Morgan fingerprint density at radius 3 is 2.33 bits per heavy atom. The minimum absolute atomic E-state index is 0.125. The van der Waals surface area contributed by atoms with Gasteiger partial charge in [-0.25, -0.2) is 0 Å². The van der Waals surface area contributed by atoms with Crippen LogP contribution in [0.4, 0.5) is 0 Å². The van der Waals surface area contributed by atoms with Crippen LogP contribution in [0.1, 0.15) is 11.5 Å². The van der Waals surface area contributed by atoms with Gasteiger partial charge in [0.2, 0.25) is 0 Å². The van der Waals surface area contributed by atoms with E-state index in [1.165, 1.54) is 0 Å². The zero-order valence-electron chi connectivity index (χ0n) is 11.9. The fourth-order valence-corrected chi connectivity index (χ4v) is 16.0. The Morgan fingerprint density at radius 1 is 1.29 bits per heavy atom. The van der Waals surface area contributed by atoms with Crippen molar-refractivity contribution in [2.75, 3.05) is 30.3 Å². The maximum atomic E-state index is 10.8. The third kappa shape index (κ3) is 6.94. The van der Waals surface area contributed by atoms with Gasteiger partial charge in [0.25, 0.3) is 0 Å². The summed E-state index contributed by atoms with van der Waals surface area (Å²) in [6, 6.07) is 0. The summed E-state index contributed by atoms with van der Waals surface area (Å²) < 4.78 is 38.7. The molecular formula is C10H21AsN3O4S3+. The van der Waals surface area contributed by atoms with Crippen LogP contribution in [-0.2, 0) is 16.5 Å². The van der Waals surface area contributed by atoms with Gasteiger partial charge in [-0.05, 0) is 0 Å². The zero-order chi connectivity index (χ0) is 15.9. The van der Waals surface area contributed by atoms with E-state index in [2.05, 4.69) is 16.6 Å². The number of quaternary nitrogens is 2. The number of hydrogen-bond donors (Lipinski definition) is 2. The second-order valence-corrected chi connectivity index (χ2v) is 17.3. The first-order valence-electron chi connectivity index (χ1n) is 6.42. The molecule has 0 bridgehead atoms. The van der Waals surface area contributed by atoms with Crippen LogP contribution in [0.15, 0.2) is 4.52 Å². The topological polar surface area (TPSA) is 139 Å². The van der Waals surface area contributed by atoms with Crippen molar-refractivity contribution < 1.29 is 29.0 Å². The van der Waals surface area contributed by atoms with E-state index in [0.717, 1.165) is 34.7 Å². The first-order chi connectivity index (χ1) is 9.89. The number of aromatic nitrogens is 1. The van der Waals surface area contributed by atoms with E-state index in [-0.39, 0.29) is 6.42 Å². The molecule has 1 aromatic heterocycles. The fraction of sp³-hybridized carbons (Fsp3) is 0.700. The van der Waals surface area contributed by atoms with Crippen LogP contribution in [0.5, 0.6) is 0 Å². The molecule has 0 saturated heterocycles. The van der Waals surface area contributed by atoms with Gasteiger partial charge in [0.15, 0.2) is 0 Å². The van der Waals surface area contributed by atoms with Gasteiger partial charge in [-0.15, -0.1) is 0 Å². The first-order valence-corrected chi connectivity index (χ1v) is 15.4. The summed E-state index contributed by atoms with van der Waals surface area (Å²) in [6.07, 6.45) is 0.125. The van der Waals surface area contributed by atoms with Gasteiger partial charge >= 0.3 is 136 Å². The van der Waals surface area contributed by atoms with E-state index >= 15 is 0 Å². The maximum absolute atomic E-state index is 10.8. The van der Waals surface area contributed by atoms with E-state index in [4.69, 9.17) is 4.52 Å². The Balaban J connectivity index is 2.91. The van der Waals surface area contributed by atoms with Crippen LogP contribution in [0.25, 0.3) is 0 Å². The van der Waals surface area contributed by atoms with E-state index in [9.17, 15) is 13.0 Å². The fourth-order valence-electron chi connectivity index (χ4n) is 1.49. The molecule has 0 aliphatic carbocycles. The first kappa shape index (κ1) is 19.3. The van der Waals surface area contributed by atoms with Crippen molar-refractivity contribution in [2.24, 2.45) is 0 Å². The Kier molecular flexibility index (Phi) is 8.70. The van der Waals surface area contributed by atoms with E-state index in [1.54, 1.807) is 0 Å². The molecule has 0 spiro atoms. The molecule has 11 heteroatoms. The van der Waals surface area contributed by atoms with Gasteiger partial charge in [-0.3, -0.25) is 0 Å². The second kappa shape index (κ2) is 9.44. The molecule has 0 radical (unpaired) electrons. The second-order valence-electron chi connectivity index (χ2n) is 4.18. The van der Waals surface area contributed by atoms with Crippen molar-refractivity contribution in [2.45, 2.75) is 13.3 Å². The van der Waals surface area contributed by atoms with Crippen molar-refractivity contribution >= 4 is 46.9 Å². The van der Waals surface area contributed by atoms with Crippen molar-refractivity contribution in [1.29, 1.82) is 0 Å². The van der Waals surface area contributed by atoms with Crippen LogP contribution in [0.2, 0.25) is 0 Å². The van der Waals surface area contributed by atoms with Gasteiger partial charge in [0.1, 0.15) is 0 Å². The van der Waals surface area contributed by atoms with Crippen LogP contribution in [-0.4, -0.2) is 60.8 Å². The van der Waals surface area contributed by atoms with Gasteiger partial charge < -0.3 is 0 Å². The molecule has 0 aromatic carbocycles. The monoisotopic (exact) mass is 418 g/mol. The standard InChI is InChI=1S/C10H20AsN3O4S3/c1-8-10(11(19-5-3-12)20-6-4-13)9(14-18-8)2-7-21(15,16)17/h2-7,12-13H2,1H3,(H,15,16,17)/p+1. The predicted molar refractivity (Wildman–Crippen MR) is 85.3 cm³/mol. The molecule has 0 unspecified atom stereocenters. The van der Waals surface area contributed by atoms with E-state index in [1.807, 2.05) is 27.0 Å². The Labute approximate surface area is 135 Å². The van der Waals surface area contributed by atoms with Gasteiger partial charge in [0, 0.05) is 0 Å². The van der Waals surface area contributed by atoms with Crippen LogP contribution < -0.4 is 15.8 Å². The minimum atomic E-state index is -4.24. The third-order valence-electron chi connectivity index (χ3n) is 2.38. The molecule has 0 saturated carbocycles. The van der Waals surface area contributed by atoms with Crippen molar-refractivity contribution in [3.63, 3.8) is 0 Å². The SMILES string of the molecule is Cc1onc(CCS(=O)(=O)[O-])c1[As](SCC[NH3+])SCC[NH3+]. The van der Waals surface area contributed by atoms with Gasteiger partial charge in [-0.2, -0.15) is 0 Å². The molecule has 1 heterocycles. The Morgan fingerprint density at radius 2 is 1.86 bits per heavy atom. The molecule has 122 valence electrons. The Bertz CT molecular complexity index is 530. The summed E-state index contributed by atoms with van der Waals surface area (Å²) >= 11 is -1.52. The molecule has 0 atom stereocenters. The molecule has 0 fully saturated rings. The van der Waals surface area contributed by atoms with E-state index < -0.39 is 28.2 Å². The van der Waals surface area contributed by atoms with E-state index in [0.29, 0.717) is 5.69 Å². The summed E-state index contributed by atoms with van der Waals surface area (Å²) in [5, 5.41) is 3.96. The van der Waals surface area contributed by atoms with Crippen molar-refractivity contribution in [3.8, 4) is 0 Å². The zero-order valence-corrected chi connectivity index (χ0v) is 16.2. The van der Waals surface area contributed by atoms with Gasteiger partial charge in [-0.1, -0.05) is 0 Å². The quantitative estimate of drug-likeness (QED) is 0.322.